The number of benzene rings is 2. The van der Waals surface area contributed by atoms with Gasteiger partial charge < -0.3 is 9.84 Å². The first-order chi connectivity index (χ1) is 18.7. The monoisotopic (exact) mass is 569 g/mol. The SMILES string of the molecule is C[C@H](C(=O)O)C(c1ccc2c(c1)OC1(CCCN([C@@H](C)c3cc(C(F)(F)F)ccc3C(F)(F)F)C1)CC2)C1CC1. The molecule has 0 aromatic heterocycles. The quantitative estimate of drug-likeness (QED) is 0.360. The lowest BCUT2D eigenvalue weighted by atomic mass is 9.80. The van der Waals surface area contributed by atoms with Crippen molar-refractivity contribution in [1.82, 2.24) is 4.90 Å². The van der Waals surface area contributed by atoms with Crippen LogP contribution in [0.1, 0.15) is 85.7 Å². The van der Waals surface area contributed by atoms with Gasteiger partial charge >= 0.3 is 18.3 Å². The van der Waals surface area contributed by atoms with Crippen LogP contribution in [0, 0.1) is 11.8 Å². The van der Waals surface area contributed by atoms with Gasteiger partial charge in [0.05, 0.1) is 17.0 Å². The van der Waals surface area contributed by atoms with Crippen molar-refractivity contribution in [3.63, 3.8) is 0 Å². The molecule has 0 amide bonds. The average molecular weight is 570 g/mol. The molecule has 4 nitrogen and oxygen atoms in total. The van der Waals surface area contributed by atoms with Gasteiger partial charge in [0.2, 0.25) is 0 Å². The van der Waals surface area contributed by atoms with E-state index in [0.29, 0.717) is 62.1 Å². The van der Waals surface area contributed by atoms with Crippen molar-refractivity contribution in [2.45, 2.75) is 82.3 Å². The Balaban J connectivity index is 1.42. The van der Waals surface area contributed by atoms with Crippen LogP contribution in [0.3, 0.4) is 0 Å². The normalized spacial score (nSPS) is 24.2. The minimum atomic E-state index is -4.79. The molecule has 2 fully saturated rings. The Morgan fingerprint density at radius 2 is 1.75 bits per heavy atom. The highest BCUT2D eigenvalue weighted by molar-refractivity contribution is 5.71. The molecule has 218 valence electrons. The zero-order valence-electron chi connectivity index (χ0n) is 22.4. The number of hydrogen-bond donors (Lipinski definition) is 1. The number of carbonyl (C=O) groups is 1. The van der Waals surface area contributed by atoms with Gasteiger partial charge in [-0.05, 0) is 105 Å². The summed E-state index contributed by atoms with van der Waals surface area (Å²) in [5, 5.41) is 9.66. The van der Waals surface area contributed by atoms with E-state index in [1.165, 1.54) is 6.92 Å². The van der Waals surface area contributed by atoms with Crippen molar-refractivity contribution in [3.05, 3.63) is 64.2 Å². The van der Waals surface area contributed by atoms with E-state index in [1.807, 2.05) is 18.2 Å². The Hall–Kier alpha value is -2.75. The van der Waals surface area contributed by atoms with Crippen LogP contribution in [0.5, 0.6) is 5.75 Å². The molecule has 1 saturated carbocycles. The lowest BCUT2D eigenvalue weighted by molar-refractivity contribution is -0.142. The second kappa shape index (κ2) is 10.3. The summed E-state index contributed by atoms with van der Waals surface area (Å²) in [6.07, 6.45) is -4.96. The largest absolute Gasteiger partial charge is 0.486 e. The van der Waals surface area contributed by atoms with Crippen LogP contribution in [0.25, 0.3) is 0 Å². The first-order valence-electron chi connectivity index (χ1n) is 13.8. The van der Waals surface area contributed by atoms with Crippen LogP contribution in [-0.4, -0.2) is 34.7 Å². The van der Waals surface area contributed by atoms with Crippen LogP contribution in [0.2, 0.25) is 0 Å². The van der Waals surface area contributed by atoms with E-state index >= 15 is 0 Å². The Kier molecular flexibility index (Phi) is 7.38. The molecular weight excluding hydrogens is 536 g/mol. The fourth-order valence-electron chi connectivity index (χ4n) is 6.59. The van der Waals surface area contributed by atoms with Gasteiger partial charge in [-0.25, -0.2) is 0 Å². The van der Waals surface area contributed by atoms with Gasteiger partial charge in [0.25, 0.3) is 0 Å². The fraction of sp³-hybridized carbons (Fsp3) is 0.567. The molecule has 0 bridgehead atoms. The number of carboxylic acid groups (broad SMARTS) is 1. The molecule has 1 N–H and O–H groups in total. The van der Waals surface area contributed by atoms with Gasteiger partial charge in [0, 0.05) is 12.6 Å². The molecule has 1 aliphatic carbocycles. The Morgan fingerprint density at radius 3 is 2.38 bits per heavy atom. The maximum Gasteiger partial charge on any atom is 0.416 e. The zero-order chi connectivity index (χ0) is 29.0. The number of carboxylic acids is 1. The third kappa shape index (κ3) is 5.69. The summed E-state index contributed by atoms with van der Waals surface area (Å²) in [7, 11) is 0. The molecule has 3 aliphatic rings. The van der Waals surface area contributed by atoms with Crippen LogP contribution in [-0.2, 0) is 23.6 Å². The smallest absolute Gasteiger partial charge is 0.416 e. The summed E-state index contributed by atoms with van der Waals surface area (Å²) in [6, 6.07) is 6.60. The molecule has 5 rings (SSSR count). The molecule has 40 heavy (non-hydrogen) atoms. The van der Waals surface area contributed by atoms with Crippen LogP contribution >= 0.6 is 0 Å². The number of hydrogen-bond acceptors (Lipinski definition) is 3. The number of aliphatic carboxylic acids is 1. The summed E-state index contributed by atoms with van der Waals surface area (Å²) in [5.41, 5.74) is -1.35. The van der Waals surface area contributed by atoms with Crippen LogP contribution in [0.4, 0.5) is 26.3 Å². The molecule has 2 unspecified atom stereocenters. The molecule has 2 aliphatic heterocycles. The first-order valence-corrected chi connectivity index (χ1v) is 13.8. The number of rotatable bonds is 6. The van der Waals surface area contributed by atoms with Crippen LogP contribution in [0.15, 0.2) is 36.4 Å². The number of likely N-dealkylation sites (tertiary alicyclic amines) is 1. The van der Waals surface area contributed by atoms with Crippen molar-refractivity contribution in [2.24, 2.45) is 11.8 Å². The predicted octanol–water partition coefficient (Wildman–Crippen LogP) is 7.86. The van der Waals surface area contributed by atoms with Crippen LogP contribution < -0.4 is 4.74 Å². The van der Waals surface area contributed by atoms with Crippen molar-refractivity contribution < 1.29 is 41.0 Å². The van der Waals surface area contributed by atoms with E-state index < -0.39 is 52.6 Å². The third-order valence-corrected chi connectivity index (χ3v) is 8.96. The molecule has 2 heterocycles. The Bertz CT molecular complexity index is 1270. The van der Waals surface area contributed by atoms with Gasteiger partial charge in [-0.3, -0.25) is 9.69 Å². The maximum absolute atomic E-state index is 13.8. The van der Waals surface area contributed by atoms with E-state index in [2.05, 4.69) is 0 Å². The van der Waals surface area contributed by atoms with Gasteiger partial charge in [-0.2, -0.15) is 26.3 Å². The second-order valence-electron chi connectivity index (χ2n) is 11.7. The highest BCUT2D eigenvalue weighted by Gasteiger charge is 2.45. The van der Waals surface area contributed by atoms with E-state index in [-0.39, 0.29) is 12.5 Å². The highest BCUT2D eigenvalue weighted by Crippen LogP contribution is 2.49. The zero-order valence-corrected chi connectivity index (χ0v) is 22.4. The summed E-state index contributed by atoms with van der Waals surface area (Å²) in [5.74, 6) is -0.561. The van der Waals surface area contributed by atoms with Crippen molar-refractivity contribution in [2.75, 3.05) is 13.1 Å². The van der Waals surface area contributed by atoms with E-state index in [9.17, 15) is 36.2 Å². The lowest BCUT2D eigenvalue weighted by Crippen LogP contribution is -2.54. The Labute approximate surface area is 229 Å². The summed E-state index contributed by atoms with van der Waals surface area (Å²) >= 11 is 0. The maximum atomic E-state index is 13.8. The summed E-state index contributed by atoms with van der Waals surface area (Å²) < 4.78 is 88.3. The summed E-state index contributed by atoms with van der Waals surface area (Å²) in [4.78, 5) is 13.6. The molecule has 10 heteroatoms. The molecule has 1 spiro atoms. The number of aryl methyl sites for hydroxylation is 1. The minimum Gasteiger partial charge on any atom is -0.486 e. The van der Waals surface area contributed by atoms with E-state index in [4.69, 9.17) is 4.74 Å². The van der Waals surface area contributed by atoms with Crippen molar-refractivity contribution in [1.29, 1.82) is 0 Å². The summed E-state index contributed by atoms with van der Waals surface area (Å²) in [6.45, 7) is 3.96. The van der Waals surface area contributed by atoms with Crippen molar-refractivity contribution in [3.8, 4) is 5.75 Å². The predicted molar refractivity (Wildman–Crippen MR) is 136 cm³/mol. The molecule has 0 radical (unpaired) electrons. The molecular formula is C30H33F6NO3. The van der Waals surface area contributed by atoms with E-state index in [1.54, 1.807) is 11.8 Å². The third-order valence-electron chi connectivity index (χ3n) is 8.96. The number of fused-ring (bicyclic) bond motifs is 1. The molecule has 1 saturated heterocycles. The fourth-order valence-corrected chi connectivity index (χ4v) is 6.59. The number of ether oxygens (including phenoxy) is 1. The standard InChI is InChI=1S/C30H33F6NO3/c1-17(27(38)39)26(20-5-6-20)21-7-4-19-10-12-28(40-25(19)14-21)11-3-13-37(16-28)18(2)23-15-22(29(31,32)33)8-9-24(23)30(34,35)36/h4,7-9,14-15,17-18,20,26H,3,5-6,10-13,16H2,1-2H3,(H,38,39)/t17-,18-,26?,28?/m0/s1. The van der Waals surface area contributed by atoms with Crippen molar-refractivity contribution >= 4 is 5.97 Å². The number of alkyl halides is 6. The lowest BCUT2D eigenvalue weighted by Gasteiger charge is -2.47. The Morgan fingerprint density at radius 1 is 1.02 bits per heavy atom. The van der Waals surface area contributed by atoms with Gasteiger partial charge in [0.1, 0.15) is 11.4 Å². The molecule has 2 aromatic carbocycles. The molecule has 4 atom stereocenters. The molecule has 2 aromatic rings. The average Bonchev–Trinajstić information content (AvgIpc) is 3.72. The van der Waals surface area contributed by atoms with Gasteiger partial charge in [-0.1, -0.05) is 19.1 Å². The first kappa shape index (κ1) is 28.8. The van der Waals surface area contributed by atoms with Gasteiger partial charge in [-0.15, -0.1) is 0 Å². The number of piperidine rings is 1. The number of halogens is 6. The second-order valence-corrected chi connectivity index (χ2v) is 11.7. The van der Waals surface area contributed by atoms with E-state index in [0.717, 1.165) is 24.0 Å². The highest BCUT2D eigenvalue weighted by atomic mass is 19.4. The number of nitrogens with zero attached hydrogens (tertiary/aromatic N) is 1. The topological polar surface area (TPSA) is 49.8 Å². The van der Waals surface area contributed by atoms with Gasteiger partial charge in [0.15, 0.2) is 0 Å². The minimum absolute atomic E-state index is 0.131.